The molecule has 18 heavy (non-hydrogen) atoms. The van der Waals surface area contributed by atoms with Gasteiger partial charge in [0.1, 0.15) is 17.2 Å². The molecule has 0 atom stereocenters. The number of amides is 1. The Hall–Kier alpha value is -2.37. The Morgan fingerprint density at radius 3 is 2.78 bits per heavy atom. The van der Waals surface area contributed by atoms with Crippen molar-refractivity contribution in [2.45, 2.75) is 6.92 Å². The van der Waals surface area contributed by atoms with Crippen molar-refractivity contribution in [2.75, 3.05) is 11.1 Å². The fourth-order valence-corrected chi connectivity index (χ4v) is 1.53. The van der Waals surface area contributed by atoms with Gasteiger partial charge in [-0.15, -0.1) is 0 Å². The number of nitrogen functional groups attached to an aromatic ring is 1. The highest BCUT2D eigenvalue weighted by molar-refractivity contribution is 6.07. The van der Waals surface area contributed by atoms with Crippen LogP contribution in [-0.2, 0) is 7.05 Å². The van der Waals surface area contributed by atoms with Crippen molar-refractivity contribution in [1.82, 2.24) is 9.78 Å². The number of aryl methyl sites for hydroxylation is 2. The van der Waals surface area contributed by atoms with Gasteiger partial charge in [0.15, 0.2) is 0 Å². The van der Waals surface area contributed by atoms with Gasteiger partial charge in [-0.2, -0.15) is 5.10 Å². The number of nitrogens with one attached hydrogen (secondary N) is 1. The van der Waals surface area contributed by atoms with Crippen molar-refractivity contribution in [3.8, 4) is 0 Å². The van der Waals surface area contributed by atoms with Gasteiger partial charge >= 0.3 is 0 Å². The Morgan fingerprint density at radius 2 is 2.22 bits per heavy atom. The summed E-state index contributed by atoms with van der Waals surface area (Å²) >= 11 is 0. The van der Waals surface area contributed by atoms with Crippen LogP contribution in [0.25, 0.3) is 0 Å². The minimum atomic E-state index is -0.483. The highest BCUT2D eigenvalue weighted by atomic mass is 19.1. The minimum Gasteiger partial charge on any atom is -0.383 e. The van der Waals surface area contributed by atoms with E-state index in [0.717, 1.165) is 5.56 Å². The summed E-state index contributed by atoms with van der Waals surface area (Å²) in [5, 5.41) is 6.31. The first-order valence-electron chi connectivity index (χ1n) is 5.34. The summed E-state index contributed by atoms with van der Waals surface area (Å²) in [7, 11) is 1.62. The number of rotatable bonds is 2. The molecular weight excluding hydrogens is 235 g/mol. The molecule has 5 nitrogen and oxygen atoms in total. The molecule has 94 valence electrons. The summed E-state index contributed by atoms with van der Waals surface area (Å²) in [5.41, 5.74) is 6.79. The molecule has 1 aromatic carbocycles. The monoisotopic (exact) mass is 248 g/mol. The zero-order chi connectivity index (χ0) is 13.3. The van der Waals surface area contributed by atoms with E-state index in [1.54, 1.807) is 20.0 Å². The second kappa shape index (κ2) is 4.48. The van der Waals surface area contributed by atoms with Gasteiger partial charge in [-0.25, -0.2) is 4.39 Å². The van der Waals surface area contributed by atoms with Crippen LogP contribution in [0, 0.1) is 12.7 Å². The molecule has 0 radical (unpaired) electrons. The predicted molar refractivity (Wildman–Crippen MR) is 66.7 cm³/mol. The number of carbonyl (C=O) groups excluding carboxylic acids is 1. The Labute approximate surface area is 103 Å². The smallest absolute Gasteiger partial charge is 0.261 e. The summed E-state index contributed by atoms with van der Waals surface area (Å²) in [6.45, 7) is 1.77. The molecule has 0 saturated carbocycles. The highest BCUT2D eigenvalue weighted by Gasteiger charge is 2.15. The first-order chi connectivity index (χ1) is 8.49. The van der Waals surface area contributed by atoms with Gasteiger partial charge < -0.3 is 11.1 Å². The van der Waals surface area contributed by atoms with Crippen LogP contribution in [0.1, 0.15) is 15.9 Å². The van der Waals surface area contributed by atoms with Crippen LogP contribution >= 0.6 is 0 Å². The molecule has 0 aliphatic rings. The normalized spacial score (nSPS) is 10.4. The van der Waals surface area contributed by atoms with E-state index in [4.69, 9.17) is 5.73 Å². The number of aromatic nitrogens is 2. The van der Waals surface area contributed by atoms with Gasteiger partial charge in [0.2, 0.25) is 0 Å². The number of anilines is 2. The average Bonchev–Trinajstić information content (AvgIpc) is 2.64. The molecular formula is C12H13FN4O. The zero-order valence-corrected chi connectivity index (χ0v) is 10.1. The van der Waals surface area contributed by atoms with Crippen molar-refractivity contribution < 1.29 is 9.18 Å². The van der Waals surface area contributed by atoms with E-state index < -0.39 is 11.7 Å². The lowest BCUT2D eigenvalue weighted by atomic mass is 10.2. The van der Waals surface area contributed by atoms with Crippen molar-refractivity contribution in [3.63, 3.8) is 0 Å². The van der Waals surface area contributed by atoms with Crippen molar-refractivity contribution in [2.24, 2.45) is 7.05 Å². The molecule has 0 spiro atoms. The Balaban J connectivity index is 2.24. The quantitative estimate of drug-likeness (QED) is 0.849. The third-order valence-electron chi connectivity index (χ3n) is 2.60. The molecule has 0 aliphatic carbocycles. The maximum absolute atomic E-state index is 13.6. The van der Waals surface area contributed by atoms with Crippen LogP contribution in [0.5, 0.6) is 0 Å². The Bertz CT molecular complexity index is 606. The molecule has 3 N–H and O–H groups in total. The van der Waals surface area contributed by atoms with E-state index in [1.165, 1.54) is 23.0 Å². The number of carbonyl (C=O) groups is 1. The highest BCUT2D eigenvalue weighted by Crippen LogP contribution is 2.17. The van der Waals surface area contributed by atoms with Crippen molar-refractivity contribution in [1.29, 1.82) is 0 Å². The molecule has 1 aromatic heterocycles. The van der Waals surface area contributed by atoms with Crippen molar-refractivity contribution in [3.05, 3.63) is 41.3 Å². The summed E-state index contributed by atoms with van der Waals surface area (Å²) in [6, 6.07) is 4.57. The summed E-state index contributed by atoms with van der Waals surface area (Å²) in [4.78, 5) is 11.9. The van der Waals surface area contributed by atoms with E-state index in [1.807, 2.05) is 0 Å². The molecule has 0 saturated heterocycles. The molecule has 0 aliphatic heterocycles. The maximum Gasteiger partial charge on any atom is 0.261 e. The third-order valence-corrected chi connectivity index (χ3v) is 2.60. The molecule has 0 unspecified atom stereocenters. The average molecular weight is 248 g/mol. The predicted octanol–water partition coefficient (Wildman–Crippen LogP) is 1.70. The molecule has 1 amide bonds. The van der Waals surface area contributed by atoms with E-state index in [-0.39, 0.29) is 17.1 Å². The standard InChI is InChI=1S/C12H13FN4O/c1-7-3-4-10(9(13)5-7)16-12(18)8-6-15-17(2)11(8)14/h3-6H,14H2,1-2H3,(H,16,18). The van der Waals surface area contributed by atoms with Crippen LogP contribution in [0.15, 0.2) is 24.4 Å². The van der Waals surface area contributed by atoms with Gasteiger partial charge in [0.25, 0.3) is 5.91 Å². The lowest BCUT2D eigenvalue weighted by Crippen LogP contribution is -2.14. The lowest BCUT2D eigenvalue weighted by molar-refractivity contribution is 0.102. The van der Waals surface area contributed by atoms with Crippen LogP contribution in [0.2, 0.25) is 0 Å². The number of halogens is 1. The topological polar surface area (TPSA) is 72.9 Å². The fourth-order valence-electron chi connectivity index (χ4n) is 1.53. The molecule has 6 heteroatoms. The SMILES string of the molecule is Cc1ccc(NC(=O)c2cnn(C)c2N)c(F)c1. The molecule has 0 bridgehead atoms. The third kappa shape index (κ3) is 2.17. The second-order valence-electron chi connectivity index (χ2n) is 4.00. The van der Waals surface area contributed by atoms with Gasteiger partial charge in [-0.1, -0.05) is 6.07 Å². The van der Waals surface area contributed by atoms with E-state index in [0.29, 0.717) is 0 Å². The van der Waals surface area contributed by atoms with E-state index in [9.17, 15) is 9.18 Å². The van der Waals surface area contributed by atoms with Crippen molar-refractivity contribution >= 4 is 17.4 Å². The molecule has 0 fully saturated rings. The fraction of sp³-hybridized carbons (Fsp3) is 0.167. The van der Waals surface area contributed by atoms with E-state index in [2.05, 4.69) is 10.4 Å². The van der Waals surface area contributed by atoms with Crippen LogP contribution in [0.4, 0.5) is 15.9 Å². The Morgan fingerprint density at radius 1 is 1.50 bits per heavy atom. The molecule has 2 aromatic rings. The Kier molecular flexibility index (Phi) is 3.01. The summed E-state index contributed by atoms with van der Waals surface area (Å²) < 4.78 is 14.9. The van der Waals surface area contributed by atoms with Gasteiger partial charge in [-0.3, -0.25) is 9.48 Å². The van der Waals surface area contributed by atoms with Crippen LogP contribution < -0.4 is 11.1 Å². The first-order valence-corrected chi connectivity index (χ1v) is 5.34. The molecule has 2 rings (SSSR count). The van der Waals surface area contributed by atoms with E-state index >= 15 is 0 Å². The number of nitrogens with two attached hydrogens (primary N) is 1. The summed E-state index contributed by atoms with van der Waals surface area (Å²) in [5.74, 6) is -0.728. The van der Waals surface area contributed by atoms with Crippen LogP contribution in [-0.4, -0.2) is 15.7 Å². The number of nitrogens with zero attached hydrogens (tertiary/aromatic N) is 2. The second-order valence-corrected chi connectivity index (χ2v) is 4.00. The van der Waals surface area contributed by atoms with Crippen LogP contribution in [0.3, 0.4) is 0 Å². The lowest BCUT2D eigenvalue weighted by Gasteiger charge is -2.06. The van der Waals surface area contributed by atoms with Gasteiger partial charge in [0, 0.05) is 7.05 Å². The van der Waals surface area contributed by atoms with Gasteiger partial charge in [-0.05, 0) is 24.6 Å². The first kappa shape index (κ1) is 12.1. The molecule has 1 heterocycles. The summed E-state index contributed by atoms with van der Waals surface area (Å²) in [6.07, 6.45) is 1.34. The largest absolute Gasteiger partial charge is 0.383 e. The van der Waals surface area contributed by atoms with Gasteiger partial charge in [0.05, 0.1) is 11.9 Å². The minimum absolute atomic E-state index is 0.119. The number of hydrogen-bond acceptors (Lipinski definition) is 3. The maximum atomic E-state index is 13.6. The zero-order valence-electron chi connectivity index (χ0n) is 10.1. The number of benzene rings is 1. The number of hydrogen-bond donors (Lipinski definition) is 2.